The quantitative estimate of drug-likeness (QED) is 0.671. The van der Waals surface area contributed by atoms with Crippen molar-refractivity contribution >= 4 is 9.84 Å². The second-order valence-corrected chi connectivity index (χ2v) is 7.34. The predicted molar refractivity (Wildman–Crippen MR) is 52.9 cm³/mol. The summed E-state index contributed by atoms with van der Waals surface area (Å²) in [5.74, 6) is 0.253. The highest BCUT2D eigenvalue weighted by Gasteiger charge is 2.35. The summed E-state index contributed by atoms with van der Waals surface area (Å²) in [6, 6.07) is 0. The lowest BCUT2D eigenvalue weighted by Gasteiger charge is -2.38. The fourth-order valence-electron chi connectivity index (χ4n) is 0.872. The molecule has 74 valence electrons. The van der Waals surface area contributed by atoms with E-state index in [2.05, 4.69) is 20.8 Å². The van der Waals surface area contributed by atoms with E-state index in [0.717, 1.165) is 0 Å². The van der Waals surface area contributed by atoms with Crippen LogP contribution in [0.4, 0.5) is 0 Å². The van der Waals surface area contributed by atoms with Gasteiger partial charge in [0.25, 0.3) is 0 Å². The van der Waals surface area contributed by atoms with E-state index in [-0.39, 0.29) is 16.6 Å². The van der Waals surface area contributed by atoms with Gasteiger partial charge < -0.3 is 0 Å². The van der Waals surface area contributed by atoms with Crippen LogP contribution in [0.1, 0.15) is 34.6 Å². The zero-order valence-corrected chi connectivity index (χ0v) is 9.75. The van der Waals surface area contributed by atoms with Crippen LogP contribution in [0.2, 0.25) is 0 Å². The molecule has 0 aliphatic heterocycles. The minimum absolute atomic E-state index is 0.0239. The first-order valence-corrected chi connectivity index (χ1v) is 6.19. The van der Waals surface area contributed by atoms with E-state index < -0.39 is 9.84 Å². The van der Waals surface area contributed by atoms with Crippen molar-refractivity contribution in [1.82, 2.24) is 0 Å². The molecule has 0 fully saturated rings. The highest BCUT2D eigenvalue weighted by atomic mass is 32.2. The van der Waals surface area contributed by atoms with E-state index in [9.17, 15) is 8.42 Å². The van der Waals surface area contributed by atoms with Gasteiger partial charge in [0.15, 0.2) is 0 Å². The fraction of sp³-hybridized carbons (Fsp3) is 1.00. The van der Waals surface area contributed by atoms with Crippen LogP contribution in [0.5, 0.6) is 0 Å². The molecule has 12 heavy (non-hydrogen) atoms. The van der Waals surface area contributed by atoms with Crippen molar-refractivity contribution in [1.29, 1.82) is 0 Å². The van der Waals surface area contributed by atoms with Crippen molar-refractivity contribution in [2.45, 2.75) is 34.6 Å². The van der Waals surface area contributed by atoms with E-state index in [1.54, 1.807) is 0 Å². The van der Waals surface area contributed by atoms with Crippen molar-refractivity contribution in [2.24, 2.45) is 10.8 Å². The molecule has 0 aliphatic rings. The molecule has 3 heteroatoms. The summed E-state index contributed by atoms with van der Waals surface area (Å²) in [6.07, 6.45) is 1.29. The van der Waals surface area contributed by atoms with E-state index in [1.165, 1.54) is 6.26 Å². The van der Waals surface area contributed by atoms with Gasteiger partial charge in [-0.3, -0.25) is 0 Å². The molecule has 0 aromatic carbocycles. The first-order chi connectivity index (χ1) is 4.96. The van der Waals surface area contributed by atoms with Crippen LogP contribution < -0.4 is 0 Å². The Morgan fingerprint density at radius 1 is 1.00 bits per heavy atom. The van der Waals surface area contributed by atoms with Crippen molar-refractivity contribution in [2.75, 3.05) is 12.0 Å². The Kier molecular flexibility index (Phi) is 3.01. The molecule has 2 nitrogen and oxygen atoms in total. The molecule has 0 saturated carbocycles. The van der Waals surface area contributed by atoms with Gasteiger partial charge in [-0.2, -0.15) is 0 Å². The predicted octanol–water partition coefficient (Wildman–Crippen LogP) is 2.10. The third-order valence-corrected chi connectivity index (χ3v) is 3.90. The molecule has 0 saturated heterocycles. The van der Waals surface area contributed by atoms with Gasteiger partial charge in [0.2, 0.25) is 0 Å². The molecule has 0 aliphatic carbocycles. The Labute approximate surface area is 76.3 Å². The minimum atomic E-state index is -2.86. The fourth-order valence-corrected chi connectivity index (χ4v) is 2.62. The van der Waals surface area contributed by atoms with Crippen LogP contribution in [0.3, 0.4) is 0 Å². The second-order valence-electron chi connectivity index (χ2n) is 5.20. The molecule has 0 rings (SSSR count). The Hall–Kier alpha value is -0.0500. The lowest BCUT2D eigenvalue weighted by molar-refractivity contribution is 0.160. The maximum absolute atomic E-state index is 11.1. The van der Waals surface area contributed by atoms with Gasteiger partial charge in [-0.15, -0.1) is 0 Å². The monoisotopic (exact) mass is 192 g/mol. The lowest BCUT2D eigenvalue weighted by Crippen LogP contribution is -2.36. The number of rotatable bonds is 2. The van der Waals surface area contributed by atoms with Gasteiger partial charge in [0.05, 0.1) is 5.75 Å². The van der Waals surface area contributed by atoms with Crippen LogP contribution in [0.25, 0.3) is 0 Å². The normalized spacial score (nSPS) is 14.8. The van der Waals surface area contributed by atoms with Gasteiger partial charge in [0.1, 0.15) is 9.84 Å². The average Bonchev–Trinajstić information content (AvgIpc) is 1.52. The van der Waals surface area contributed by atoms with Crippen molar-refractivity contribution in [3.8, 4) is 0 Å². The first-order valence-electron chi connectivity index (χ1n) is 4.13. The molecular formula is C9H20O2S. The summed E-state index contributed by atoms with van der Waals surface area (Å²) in [6.45, 7) is 10.2. The zero-order chi connectivity index (χ0) is 10.2. The second kappa shape index (κ2) is 3.02. The Balaban J connectivity index is 4.67. The molecule has 0 bridgehead atoms. The van der Waals surface area contributed by atoms with Gasteiger partial charge in [-0.05, 0) is 10.8 Å². The number of hydrogen-bond acceptors (Lipinski definition) is 2. The molecule has 0 radical (unpaired) electrons. The van der Waals surface area contributed by atoms with E-state index in [0.29, 0.717) is 0 Å². The van der Waals surface area contributed by atoms with Gasteiger partial charge >= 0.3 is 0 Å². The van der Waals surface area contributed by atoms with Gasteiger partial charge in [-0.25, -0.2) is 8.42 Å². The smallest absolute Gasteiger partial charge is 0.148 e. The topological polar surface area (TPSA) is 34.1 Å². The largest absolute Gasteiger partial charge is 0.229 e. The lowest BCUT2D eigenvalue weighted by atomic mass is 9.71. The van der Waals surface area contributed by atoms with Crippen LogP contribution in [0, 0.1) is 10.8 Å². The Morgan fingerprint density at radius 2 is 1.33 bits per heavy atom. The Bertz CT molecular complexity index is 242. The van der Waals surface area contributed by atoms with Crippen molar-refractivity contribution in [3.63, 3.8) is 0 Å². The Morgan fingerprint density at radius 3 is 1.42 bits per heavy atom. The molecule has 0 N–H and O–H groups in total. The van der Waals surface area contributed by atoms with E-state index in [1.807, 2.05) is 13.8 Å². The summed E-state index contributed by atoms with van der Waals surface area (Å²) < 4.78 is 22.2. The van der Waals surface area contributed by atoms with Gasteiger partial charge in [0, 0.05) is 6.26 Å². The maximum Gasteiger partial charge on any atom is 0.148 e. The summed E-state index contributed by atoms with van der Waals surface area (Å²) in [4.78, 5) is 0. The number of hydrogen-bond donors (Lipinski definition) is 0. The van der Waals surface area contributed by atoms with Crippen LogP contribution in [0.15, 0.2) is 0 Å². The van der Waals surface area contributed by atoms with Crippen LogP contribution in [-0.2, 0) is 9.84 Å². The molecule has 0 unspecified atom stereocenters. The molecule has 0 aromatic rings. The van der Waals surface area contributed by atoms with Crippen LogP contribution in [-0.4, -0.2) is 20.4 Å². The third-order valence-electron chi connectivity index (χ3n) is 2.65. The molecule has 0 atom stereocenters. The molecule has 0 heterocycles. The summed E-state index contributed by atoms with van der Waals surface area (Å²) in [7, 11) is -2.86. The molecular weight excluding hydrogens is 172 g/mol. The molecule has 0 amide bonds. The van der Waals surface area contributed by atoms with E-state index >= 15 is 0 Å². The van der Waals surface area contributed by atoms with Crippen molar-refractivity contribution < 1.29 is 8.42 Å². The maximum atomic E-state index is 11.1. The third kappa shape index (κ3) is 3.57. The zero-order valence-electron chi connectivity index (χ0n) is 8.93. The first kappa shape index (κ1) is 11.9. The molecule has 0 aromatic heterocycles. The number of sulfone groups is 1. The van der Waals surface area contributed by atoms with Gasteiger partial charge in [-0.1, -0.05) is 34.6 Å². The molecule has 0 spiro atoms. The average molecular weight is 192 g/mol. The highest BCUT2D eigenvalue weighted by Crippen LogP contribution is 2.38. The SMILES string of the molecule is CC(C)(C)C(C)(C)CS(C)(=O)=O. The summed E-state index contributed by atoms with van der Waals surface area (Å²) in [5.41, 5.74) is -0.142. The minimum Gasteiger partial charge on any atom is -0.229 e. The standard InChI is InChI=1S/C9H20O2S/c1-8(2,3)9(4,5)7-12(6,10)11/h7H2,1-6H3. The highest BCUT2D eigenvalue weighted by molar-refractivity contribution is 7.90. The van der Waals surface area contributed by atoms with Crippen LogP contribution >= 0.6 is 0 Å². The summed E-state index contributed by atoms with van der Waals surface area (Å²) >= 11 is 0. The van der Waals surface area contributed by atoms with Crippen molar-refractivity contribution in [3.05, 3.63) is 0 Å². The van der Waals surface area contributed by atoms with E-state index in [4.69, 9.17) is 0 Å². The summed E-state index contributed by atoms with van der Waals surface area (Å²) in [5, 5.41) is 0.